The summed E-state index contributed by atoms with van der Waals surface area (Å²) in [6.07, 6.45) is 0. The molecule has 0 atom stereocenters. The Bertz CT molecular complexity index is 1060. The van der Waals surface area contributed by atoms with E-state index in [1.807, 2.05) is 6.92 Å². The Labute approximate surface area is 148 Å². The molecule has 0 bridgehead atoms. The lowest BCUT2D eigenvalue weighted by Crippen LogP contribution is -2.25. The van der Waals surface area contributed by atoms with Gasteiger partial charge < -0.3 is 10.2 Å². The second-order valence-electron chi connectivity index (χ2n) is 5.96. The number of nitrogens with one attached hydrogen (secondary N) is 1. The van der Waals surface area contributed by atoms with Gasteiger partial charge in [0.25, 0.3) is 11.8 Å². The third-order valence-electron chi connectivity index (χ3n) is 4.54. The predicted octanol–water partition coefficient (Wildman–Crippen LogP) is 4.35. The van der Waals surface area contributed by atoms with Gasteiger partial charge in [-0.25, -0.2) is 8.78 Å². The van der Waals surface area contributed by atoms with E-state index in [2.05, 4.69) is 5.32 Å². The van der Waals surface area contributed by atoms with Crippen LogP contribution < -0.4 is 10.2 Å². The molecular weight excluding hydrogens is 338 g/mol. The van der Waals surface area contributed by atoms with Crippen molar-refractivity contribution in [3.8, 4) is 0 Å². The molecule has 1 aliphatic rings. The Hall–Kier alpha value is -3.28. The van der Waals surface area contributed by atoms with Crippen LogP contribution in [0.5, 0.6) is 0 Å². The molecule has 2 amide bonds. The van der Waals surface area contributed by atoms with Gasteiger partial charge in [0, 0.05) is 28.6 Å². The van der Waals surface area contributed by atoms with Crippen molar-refractivity contribution < 1.29 is 18.4 Å². The summed E-state index contributed by atoms with van der Waals surface area (Å²) in [5, 5.41) is 3.94. The summed E-state index contributed by atoms with van der Waals surface area (Å²) < 4.78 is 27.7. The van der Waals surface area contributed by atoms with Crippen LogP contribution in [0, 0.1) is 11.6 Å². The molecule has 1 aliphatic heterocycles. The highest BCUT2D eigenvalue weighted by atomic mass is 19.1. The van der Waals surface area contributed by atoms with Gasteiger partial charge in [-0.2, -0.15) is 0 Å². The second-order valence-corrected chi connectivity index (χ2v) is 5.96. The molecule has 0 saturated carbocycles. The molecule has 130 valence electrons. The molecule has 1 N–H and O–H groups in total. The zero-order chi connectivity index (χ0) is 18.4. The van der Waals surface area contributed by atoms with E-state index in [1.54, 1.807) is 35.2 Å². The number of nitrogens with zero attached hydrogens (tertiary/aromatic N) is 1. The van der Waals surface area contributed by atoms with E-state index in [4.69, 9.17) is 0 Å². The molecule has 0 radical (unpaired) electrons. The quantitative estimate of drug-likeness (QED) is 0.762. The molecule has 0 unspecified atom stereocenters. The number of rotatable bonds is 3. The summed E-state index contributed by atoms with van der Waals surface area (Å²) in [7, 11) is 0. The zero-order valence-electron chi connectivity index (χ0n) is 13.8. The molecule has 0 aromatic heterocycles. The van der Waals surface area contributed by atoms with Crippen molar-refractivity contribution in [2.24, 2.45) is 0 Å². The smallest absolute Gasteiger partial charge is 0.261 e. The van der Waals surface area contributed by atoms with E-state index in [9.17, 15) is 18.4 Å². The normalized spacial score (nSPS) is 12.7. The fraction of sp³-hybridized carbons (Fsp3) is 0.100. The maximum absolute atomic E-state index is 13.9. The molecule has 0 aliphatic carbocycles. The molecule has 0 saturated heterocycles. The summed E-state index contributed by atoms with van der Waals surface area (Å²) in [5.74, 6) is -2.84. The monoisotopic (exact) mass is 352 g/mol. The van der Waals surface area contributed by atoms with Crippen molar-refractivity contribution in [1.82, 2.24) is 0 Å². The van der Waals surface area contributed by atoms with E-state index in [-0.39, 0.29) is 5.91 Å². The molecular formula is C20H14F2N2O2. The molecule has 3 aromatic rings. The standard InChI is InChI=1S/C20H14F2N2O2/c1-2-24-16-10-9-15(11-5-3-6-12(17(11)16)20(24)26)23-19(25)18-13(21)7-4-8-14(18)22/h3-10H,2H2,1H3,(H,23,25). The molecule has 4 nitrogen and oxygen atoms in total. The second kappa shape index (κ2) is 5.91. The molecule has 4 rings (SSSR count). The number of halogens is 2. The lowest BCUT2D eigenvalue weighted by molar-refractivity contribution is 0.0991. The molecule has 0 spiro atoms. The first-order valence-corrected chi connectivity index (χ1v) is 8.16. The van der Waals surface area contributed by atoms with Gasteiger partial charge in [0.05, 0.1) is 5.69 Å². The highest BCUT2D eigenvalue weighted by Crippen LogP contribution is 2.40. The van der Waals surface area contributed by atoms with Crippen LogP contribution in [-0.4, -0.2) is 18.4 Å². The Kier molecular flexibility index (Phi) is 3.68. The predicted molar refractivity (Wildman–Crippen MR) is 95.6 cm³/mol. The number of benzene rings is 3. The maximum atomic E-state index is 13.9. The maximum Gasteiger partial charge on any atom is 0.261 e. The third kappa shape index (κ3) is 2.26. The minimum Gasteiger partial charge on any atom is -0.321 e. The summed E-state index contributed by atoms with van der Waals surface area (Å²) >= 11 is 0. The molecule has 1 heterocycles. The number of anilines is 2. The molecule has 26 heavy (non-hydrogen) atoms. The highest BCUT2D eigenvalue weighted by Gasteiger charge is 2.29. The first kappa shape index (κ1) is 16.2. The van der Waals surface area contributed by atoms with E-state index in [1.165, 1.54) is 6.07 Å². The Morgan fingerprint density at radius 3 is 2.42 bits per heavy atom. The lowest BCUT2D eigenvalue weighted by atomic mass is 10.0. The summed E-state index contributed by atoms with van der Waals surface area (Å²) in [6.45, 7) is 2.40. The first-order valence-electron chi connectivity index (χ1n) is 8.16. The van der Waals surface area contributed by atoms with Gasteiger partial charge in [-0.3, -0.25) is 9.59 Å². The van der Waals surface area contributed by atoms with Crippen LogP contribution in [0.1, 0.15) is 27.6 Å². The van der Waals surface area contributed by atoms with Crippen LogP contribution in [0.3, 0.4) is 0 Å². The van der Waals surface area contributed by atoms with Crippen molar-refractivity contribution in [2.45, 2.75) is 6.92 Å². The summed E-state index contributed by atoms with van der Waals surface area (Å²) in [4.78, 5) is 26.5. The fourth-order valence-corrected chi connectivity index (χ4v) is 3.37. The van der Waals surface area contributed by atoms with Gasteiger partial charge in [-0.1, -0.05) is 18.2 Å². The van der Waals surface area contributed by atoms with Crippen LogP contribution in [0.2, 0.25) is 0 Å². The summed E-state index contributed by atoms with van der Waals surface area (Å²) in [5.41, 5.74) is 1.07. The number of amides is 2. The van der Waals surface area contributed by atoms with Crippen LogP contribution in [0.25, 0.3) is 10.8 Å². The molecule has 3 aromatic carbocycles. The molecule has 6 heteroatoms. The minimum absolute atomic E-state index is 0.100. The van der Waals surface area contributed by atoms with E-state index >= 15 is 0 Å². The average molecular weight is 352 g/mol. The zero-order valence-corrected chi connectivity index (χ0v) is 13.8. The summed E-state index contributed by atoms with van der Waals surface area (Å²) in [6, 6.07) is 11.8. The Balaban J connectivity index is 1.82. The topological polar surface area (TPSA) is 49.4 Å². The van der Waals surface area contributed by atoms with Gasteiger partial charge in [-0.15, -0.1) is 0 Å². The van der Waals surface area contributed by atoms with E-state index < -0.39 is 23.1 Å². The SMILES string of the molecule is CCN1C(=O)c2cccc3c(NC(=O)c4c(F)cccc4F)ccc1c23. The number of carbonyl (C=O) groups is 2. The Morgan fingerprint density at radius 2 is 1.73 bits per heavy atom. The largest absolute Gasteiger partial charge is 0.321 e. The first-order chi connectivity index (χ1) is 12.5. The van der Waals surface area contributed by atoms with Crippen LogP contribution in [0.4, 0.5) is 20.2 Å². The van der Waals surface area contributed by atoms with Gasteiger partial charge in [0.2, 0.25) is 0 Å². The van der Waals surface area contributed by atoms with Crippen molar-refractivity contribution in [3.63, 3.8) is 0 Å². The van der Waals surface area contributed by atoms with Gasteiger partial charge in [0.15, 0.2) is 0 Å². The van der Waals surface area contributed by atoms with Crippen LogP contribution in [-0.2, 0) is 0 Å². The van der Waals surface area contributed by atoms with Crippen molar-refractivity contribution >= 4 is 34.0 Å². The van der Waals surface area contributed by atoms with Gasteiger partial charge >= 0.3 is 0 Å². The minimum atomic E-state index is -0.930. The third-order valence-corrected chi connectivity index (χ3v) is 4.54. The van der Waals surface area contributed by atoms with E-state index in [0.29, 0.717) is 23.2 Å². The number of hydrogen-bond donors (Lipinski definition) is 1. The Morgan fingerprint density at radius 1 is 1.04 bits per heavy atom. The van der Waals surface area contributed by atoms with Gasteiger partial charge in [0.1, 0.15) is 17.2 Å². The number of carbonyl (C=O) groups excluding carboxylic acids is 2. The number of hydrogen-bond acceptors (Lipinski definition) is 2. The van der Waals surface area contributed by atoms with Crippen molar-refractivity contribution in [3.05, 3.63) is 71.3 Å². The molecule has 0 fully saturated rings. The fourth-order valence-electron chi connectivity index (χ4n) is 3.37. The highest BCUT2D eigenvalue weighted by molar-refractivity contribution is 6.27. The lowest BCUT2D eigenvalue weighted by Gasteiger charge is -2.15. The van der Waals surface area contributed by atoms with Gasteiger partial charge in [-0.05, 0) is 37.3 Å². The van der Waals surface area contributed by atoms with Crippen LogP contribution in [0.15, 0.2) is 48.5 Å². The van der Waals surface area contributed by atoms with Crippen LogP contribution >= 0.6 is 0 Å². The van der Waals surface area contributed by atoms with Crippen molar-refractivity contribution in [1.29, 1.82) is 0 Å². The average Bonchev–Trinajstić information content (AvgIpc) is 2.90. The van der Waals surface area contributed by atoms with Crippen molar-refractivity contribution in [2.75, 3.05) is 16.8 Å². The van der Waals surface area contributed by atoms with E-state index in [0.717, 1.165) is 23.2 Å².